The van der Waals surface area contributed by atoms with Gasteiger partial charge in [-0.3, -0.25) is 4.79 Å². The van der Waals surface area contributed by atoms with Crippen molar-refractivity contribution < 1.29 is 24.3 Å². The standard InChI is InChI=1S/C27H41BO5/c1-2-3-19-28-32-25-20-26(33-28)24(23(25)13-9-4-5-10-14-27(30)31)18-17-22(29)16-15-21-11-7-6-8-12-21/h4,6-9,11-12,22-26,29H,2-3,5,10,13-20H2,1H3,(H,30,31)/b9-4-/t22?,23-,24-,25+,26-/m1/s1. The summed E-state index contributed by atoms with van der Waals surface area (Å²) in [5.74, 6) is 0.0675. The van der Waals surface area contributed by atoms with Crippen LogP contribution in [0.5, 0.6) is 0 Å². The number of aliphatic carboxylic acids is 1. The monoisotopic (exact) mass is 456 g/mol. The molecule has 2 aliphatic rings. The number of carboxylic acids is 1. The van der Waals surface area contributed by atoms with E-state index in [9.17, 15) is 9.90 Å². The zero-order valence-electron chi connectivity index (χ0n) is 20.1. The Morgan fingerprint density at radius 2 is 1.88 bits per heavy atom. The minimum atomic E-state index is -0.734. The van der Waals surface area contributed by atoms with E-state index in [1.54, 1.807) is 0 Å². The second-order valence-electron chi connectivity index (χ2n) is 9.73. The summed E-state index contributed by atoms with van der Waals surface area (Å²) in [4.78, 5) is 10.7. The first-order valence-corrected chi connectivity index (χ1v) is 13.0. The molecule has 1 heterocycles. The van der Waals surface area contributed by atoms with Crippen LogP contribution in [0.2, 0.25) is 6.32 Å². The molecule has 5 nitrogen and oxygen atoms in total. The number of aryl methyl sites for hydroxylation is 1. The highest BCUT2D eigenvalue weighted by Gasteiger charge is 2.49. The first-order valence-electron chi connectivity index (χ1n) is 13.0. The molecule has 0 amide bonds. The Morgan fingerprint density at radius 1 is 1.12 bits per heavy atom. The molecule has 33 heavy (non-hydrogen) atoms. The van der Waals surface area contributed by atoms with Crippen LogP contribution in [0.25, 0.3) is 0 Å². The number of rotatable bonds is 15. The largest absolute Gasteiger partial charge is 0.481 e. The smallest absolute Gasteiger partial charge is 0.457 e. The minimum absolute atomic E-state index is 0.0937. The number of hydrogen-bond donors (Lipinski definition) is 2. The molecule has 1 saturated heterocycles. The predicted molar refractivity (Wildman–Crippen MR) is 132 cm³/mol. The molecular formula is C27H41BO5. The third kappa shape index (κ3) is 8.58. The van der Waals surface area contributed by atoms with Gasteiger partial charge >= 0.3 is 13.1 Å². The van der Waals surface area contributed by atoms with Gasteiger partial charge < -0.3 is 19.5 Å². The van der Waals surface area contributed by atoms with Gasteiger partial charge in [0.1, 0.15) is 0 Å². The Hall–Kier alpha value is -1.63. The van der Waals surface area contributed by atoms with E-state index in [4.69, 9.17) is 14.4 Å². The van der Waals surface area contributed by atoms with Gasteiger partial charge in [-0.25, -0.2) is 0 Å². The van der Waals surface area contributed by atoms with Gasteiger partial charge in [-0.05, 0) is 75.1 Å². The van der Waals surface area contributed by atoms with Crippen molar-refractivity contribution >= 4 is 13.1 Å². The van der Waals surface area contributed by atoms with Crippen molar-refractivity contribution in [2.24, 2.45) is 11.8 Å². The van der Waals surface area contributed by atoms with Crippen molar-refractivity contribution in [2.45, 2.75) is 102 Å². The summed E-state index contributed by atoms with van der Waals surface area (Å²) in [6, 6.07) is 10.4. The molecule has 1 aromatic rings. The minimum Gasteiger partial charge on any atom is -0.481 e. The lowest BCUT2D eigenvalue weighted by molar-refractivity contribution is -0.137. The first kappa shape index (κ1) is 26.0. The van der Waals surface area contributed by atoms with Gasteiger partial charge in [-0.15, -0.1) is 0 Å². The maximum absolute atomic E-state index is 10.7. The normalized spacial score (nSPS) is 25.6. The van der Waals surface area contributed by atoms with Crippen LogP contribution in [-0.4, -0.2) is 41.6 Å². The predicted octanol–water partition coefficient (Wildman–Crippen LogP) is 5.67. The molecule has 0 radical (unpaired) electrons. The highest BCUT2D eigenvalue weighted by molar-refractivity contribution is 6.44. The highest BCUT2D eigenvalue weighted by atomic mass is 16.6. The maximum atomic E-state index is 10.7. The van der Waals surface area contributed by atoms with Crippen molar-refractivity contribution in [3.05, 3.63) is 48.0 Å². The molecule has 182 valence electrons. The van der Waals surface area contributed by atoms with E-state index >= 15 is 0 Å². The molecule has 0 aromatic heterocycles. The third-order valence-electron chi connectivity index (χ3n) is 7.19. The third-order valence-corrected chi connectivity index (χ3v) is 7.19. The highest BCUT2D eigenvalue weighted by Crippen LogP contribution is 2.45. The quantitative estimate of drug-likeness (QED) is 0.202. The number of unbranched alkanes of at least 4 members (excludes halogenated alkanes) is 2. The van der Waals surface area contributed by atoms with Gasteiger partial charge in [0.25, 0.3) is 0 Å². The summed E-state index contributed by atoms with van der Waals surface area (Å²) in [5, 5.41) is 19.4. The van der Waals surface area contributed by atoms with Crippen LogP contribution >= 0.6 is 0 Å². The fourth-order valence-electron chi connectivity index (χ4n) is 5.35. The number of carbonyl (C=O) groups is 1. The van der Waals surface area contributed by atoms with Crippen molar-refractivity contribution in [3.63, 3.8) is 0 Å². The molecule has 6 heteroatoms. The van der Waals surface area contributed by atoms with Crippen LogP contribution in [0.4, 0.5) is 0 Å². The number of fused-ring (bicyclic) bond motifs is 2. The van der Waals surface area contributed by atoms with Crippen LogP contribution in [0.3, 0.4) is 0 Å². The van der Waals surface area contributed by atoms with Crippen LogP contribution in [0.15, 0.2) is 42.5 Å². The molecule has 2 fully saturated rings. The Labute approximate surface area is 199 Å². The van der Waals surface area contributed by atoms with E-state index < -0.39 is 5.97 Å². The van der Waals surface area contributed by atoms with Gasteiger partial charge in [0, 0.05) is 18.6 Å². The molecule has 2 N–H and O–H groups in total. The summed E-state index contributed by atoms with van der Waals surface area (Å²) in [5.41, 5.74) is 1.27. The SMILES string of the molecule is CCCCB1O[C@H]2C[C@@H](O1)[C@H](CCC(O)CCc1ccccc1)[C@H]2C/C=C\CCCC(=O)O. The van der Waals surface area contributed by atoms with E-state index in [2.05, 4.69) is 31.2 Å². The Balaban J connectivity index is 1.52. The molecule has 2 bridgehead atoms. The number of allylic oxidation sites excluding steroid dienone is 2. The average molecular weight is 456 g/mol. The van der Waals surface area contributed by atoms with Gasteiger partial charge in [-0.1, -0.05) is 62.2 Å². The fourth-order valence-corrected chi connectivity index (χ4v) is 5.35. The average Bonchev–Trinajstić information content (AvgIpc) is 3.06. The Morgan fingerprint density at radius 3 is 2.61 bits per heavy atom. The van der Waals surface area contributed by atoms with Crippen LogP contribution in [-0.2, 0) is 20.5 Å². The molecule has 3 rings (SSSR count). The molecule has 0 spiro atoms. The van der Waals surface area contributed by atoms with Gasteiger partial charge in [0.15, 0.2) is 0 Å². The Bertz CT molecular complexity index is 724. The van der Waals surface area contributed by atoms with E-state index in [1.807, 2.05) is 18.2 Å². The molecule has 5 atom stereocenters. The zero-order chi connectivity index (χ0) is 23.5. The van der Waals surface area contributed by atoms with Crippen molar-refractivity contribution in [2.75, 3.05) is 0 Å². The van der Waals surface area contributed by atoms with E-state index in [0.717, 1.165) is 64.1 Å². The zero-order valence-corrected chi connectivity index (χ0v) is 20.1. The van der Waals surface area contributed by atoms with Gasteiger partial charge in [-0.2, -0.15) is 0 Å². The molecule has 1 saturated carbocycles. The van der Waals surface area contributed by atoms with Crippen LogP contribution in [0, 0.1) is 11.8 Å². The number of carboxylic acid groups (broad SMARTS) is 1. The van der Waals surface area contributed by atoms with Crippen LogP contribution in [0.1, 0.15) is 76.7 Å². The number of aliphatic hydroxyl groups excluding tert-OH is 1. The van der Waals surface area contributed by atoms with E-state index in [-0.39, 0.29) is 31.9 Å². The lowest BCUT2D eigenvalue weighted by Gasteiger charge is -2.28. The molecule has 1 aliphatic carbocycles. The fraction of sp³-hybridized carbons (Fsp3) is 0.667. The van der Waals surface area contributed by atoms with Crippen molar-refractivity contribution in [1.82, 2.24) is 0 Å². The first-order chi connectivity index (χ1) is 16.1. The summed E-state index contributed by atoms with van der Waals surface area (Å²) < 4.78 is 12.7. The van der Waals surface area contributed by atoms with Crippen LogP contribution < -0.4 is 0 Å². The maximum Gasteiger partial charge on any atom is 0.457 e. The van der Waals surface area contributed by atoms with Crippen molar-refractivity contribution in [1.29, 1.82) is 0 Å². The number of hydrogen-bond acceptors (Lipinski definition) is 4. The second-order valence-corrected chi connectivity index (χ2v) is 9.73. The van der Waals surface area contributed by atoms with Crippen molar-refractivity contribution in [3.8, 4) is 0 Å². The second kappa shape index (κ2) is 13.9. The number of benzene rings is 1. The lowest BCUT2D eigenvalue weighted by Crippen LogP contribution is -2.37. The van der Waals surface area contributed by atoms with Gasteiger partial charge in [0.2, 0.25) is 0 Å². The van der Waals surface area contributed by atoms with E-state index in [0.29, 0.717) is 18.3 Å². The molecular weight excluding hydrogens is 415 g/mol. The molecule has 1 unspecified atom stereocenters. The molecule has 1 aliphatic heterocycles. The topological polar surface area (TPSA) is 76.0 Å². The Kier molecular flexibility index (Phi) is 11.0. The lowest BCUT2D eigenvalue weighted by atomic mass is 9.80. The number of aliphatic hydroxyl groups is 1. The summed E-state index contributed by atoms with van der Waals surface area (Å²) in [6.45, 7) is 2.19. The summed E-state index contributed by atoms with van der Waals surface area (Å²) >= 11 is 0. The molecule has 1 aromatic carbocycles. The summed E-state index contributed by atoms with van der Waals surface area (Å²) in [6.07, 6.45) is 14.7. The van der Waals surface area contributed by atoms with E-state index in [1.165, 1.54) is 5.56 Å². The summed E-state index contributed by atoms with van der Waals surface area (Å²) in [7, 11) is -0.0937. The van der Waals surface area contributed by atoms with Gasteiger partial charge in [0.05, 0.1) is 6.10 Å².